The highest BCUT2D eigenvalue weighted by Crippen LogP contribution is 2.26. The Bertz CT molecular complexity index is 1080. The summed E-state index contributed by atoms with van der Waals surface area (Å²) in [6.07, 6.45) is 0. The highest BCUT2D eigenvalue weighted by Gasteiger charge is 2.27. The van der Waals surface area contributed by atoms with Crippen LogP contribution in [0, 0.1) is 0 Å². The maximum Gasteiger partial charge on any atom is 0.264 e. The Morgan fingerprint density at radius 2 is 1.57 bits per heavy atom. The molecule has 0 aliphatic carbocycles. The topological polar surface area (TPSA) is 66.5 Å². The van der Waals surface area contributed by atoms with Crippen molar-refractivity contribution >= 4 is 54.8 Å². The van der Waals surface area contributed by atoms with Crippen molar-refractivity contribution < 1.29 is 13.2 Å². The van der Waals surface area contributed by atoms with Crippen LogP contribution in [0.4, 0.5) is 11.4 Å². The zero-order valence-corrected chi connectivity index (χ0v) is 17.7. The number of nitrogens with one attached hydrogen (secondary N) is 1. The average Bonchev–Trinajstić information content (AvgIpc) is 2.70. The first-order chi connectivity index (χ1) is 13.4. The number of rotatable bonds is 6. The fraction of sp³-hybridized carbons (Fsp3) is 0.0500. The Kier molecular flexibility index (Phi) is 6.39. The lowest BCUT2D eigenvalue weighted by Crippen LogP contribution is -2.38. The van der Waals surface area contributed by atoms with E-state index in [1.54, 1.807) is 66.7 Å². The van der Waals surface area contributed by atoms with Gasteiger partial charge < -0.3 is 5.32 Å². The monoisotopic (exact) mass is 478 g/mol. The fourth-order valence-corrected chi connectivity index (χ4v) is 4.40. The number of amides is 1. The molecule has 0 spiro atoms. The van der Waals surface area contributed by atoms with Crippen molar-refractivity contribution in [2.75, 3.05) is 16.2 Å². The minimum atomic E-state index is -3.92. The molecule has 0 aromatic heterocycles. The smallest absolute Gasteiger partial charge is 0.264 e. The molecule has 0 saturated heterocycles. The molecule has 0 bridgehead atoms. The van der Waals surface area contributed by atoms with Crippen molar-refractivity contribution in [1.82, 2.24) is 0 Å². The molecule has 0 aliphatic heterocycles. The molecule has 0 unspecified atom stereocenters. The van der Waals surface area contributed by atoms with E-state index in [0.29, 0.717) is 20.9 Å². The Hall–Kier alpha value is -2.35. The van der Waals surface area contributed by atoms with Gasteiger partial charge in [0.15, 0.2) is 0 Å². The summed E-state index contributed by atoms with van der Waals surface area (Å²) in [4.78, 5) is 12.7. The molecule has 0 saturated carbocycles. The summed E-state index contributed by atoms with van der Waals surface area (Å²) in [5.41, 5.74) is 0.874. The SMILES string of the molecule is O=C(CN(c1ccccc1)S(=O)(=O)c1ccccc1)Nc1ccc(Br)c(Cl)c1. The van der Waals surface area contributed by atoms with Gasteiger partial charge in [0.1, 0.15) is 6.54 Å². The molecular weight excluding hydrogens is 464 g/mol. The molecule has 144 valence electrons. The van der Waals surface area contributed by atoms with E-state index in [-0.39, 0.29) is 11.4 Å². The molecule has 3 aromatic carbocycles. The van der Waals surface area contributed by atoms with E-state index >= 15 is 0 Å². The van der Waals surface area contributed by atoms with E-state index in [4.69, 9.17) is 11.6 Å². The average molecular weight is 480 g/mol. The van der Waals surface area contributed by atoms with Crippen molar-refractivity contribution in [2.45, 2.75) is 4.90 Å². The molecule has 0 aliphatic rings. The highest BCUT2D eigenvalue weighted by molar-refractivity contribution is 9.10. The number of sulfonamides is 1. The lowest BCUT2D eigenvalue weighted by atomic mass is 10.3. The largest absolute Gasteiger partial charge is 0.324 e. The third-order valence-corrected chi connectivity index (χ3v) is 6.89. The lowest BCUT2D eigenvalue weighted by Gasteiger charge is -2.24. The van der Waals surface area contributed by atoms with Gasteiger partial charge in [0, 0.05) is 10.2 Å². The normalized spacial score (nSPS) is 11.1. The van der Waals surface area contributed by atoms with Crippen LogP contribution in [0.25, 0.3) is 0 Å². The van der Waals surface area contributed by atoms with Crippen molar-refractivity contribution in [1.29, 1.82) is 0 Å². The van der Waals surface area contributed by atoms with E-state index < -0.39 is 15.9 Å². The predicted molar refractivity (Wildman–Crippen MR) is 115 cm³/mol. The summed E-state index contributed by atoms with van der Waals surface area (Å²) in [6, 6.07) is 21.5. The minimum Gasteiger partial charge on any atom is -0.324 e. The van der Waals surface area contributed by atoms with Gasteiger partial charge in [0.05, 0.1) is 15.6 Å². The molecule has 28 heavy (non-hydrogen) atoms. The molecule has 0 atom stereocenters. The van der Waals surface area contributed by atoms with Crippen LogP contribution in [0.15, 0.2) is 88.2 Å². The number of hydrogen-bond donors (Lipinski definition) is 1. The van der Waals surface area contributed by atoms with E-state index in [1.807, 2.05) is 0 Å². The maximum atomic E-state index is 13.1. The number of carbonyl (C=O) groups excluding carboxylic acids is 1. The van der Waals surface area contributed by atoms with Gasteiger partial charge in [-0.1, -0.05) is 48.0 Å². The Morgan fingerprint density at radius 1 is 0.964 bits per heavy atom. The van der Waals surface area contributed by atoms with Gasteiger partial charge in [-0.25, -0.2) is 8.42 Å². The summed E-state index contributed by atoms with van der Waals surface area (Å²) >= 11 is 9.33. The summed E-state index contributed by atoms with van der Waals surface area (Å²) in [7, 11) is -3.92. The maximum absolute atomic E-state index is 13.1. The molecule has 3 rings (SSSR count). The van der Waals surface area contributed by atoms with Gasteiger partial charge in [-0.2, -0.15) is 0 Å². The van der Waals surface area contributed by atoms with Crippen molar-refractivity contribution in [3.63, 3.8) is 0 Å². The lowest BCUT2D eigenvalue weighted by molar-refractivity contribution is -0.114. The second-order valence-corrected chi connectivity index (χ2v) is 8.96. The van der Waals surface area contributed by atoms with Crippen molar-refractivity contribution in [3.8, 4) is 0 Å². The van der Waals surface area contributed by atoms with Crippen LogP contribution in [0.2, 0.25) is 5.02 Å². The number of nitrogens with zero attached hydrogens (tertiary/aromatic N) is 1. The van der Waals surface area contributed by atoms with Crippen molar-refractivity contribution in [2.24, 2.45) is 0 Å². The highest BCUT2D eigenvalue weighted by atomic mass is 79.9. The van der Waals surface area contributed by atoms with Crippen molar-refractivity contribution in [3.05, 3.63) is 88.4 Å². The zero-order chi connectivity index (χ0) is 20.1. The summed E-state index contributed by atoms with van der Waals surface area (Å²) in [5, 5.41) is 3.12. The second-order valence-electron chi connectivity index (χ2n) is 5.84. The number of hydrogen-bond acceptors (Lipinski definition) is 3. The Labute approximate surface area is 177 Å². The van der Waals surface area contributed by atoms with E-state index in [1.165, 1.54) is 12.1 Å². The fourth-order valence-electron chi connectivity index (χ4n) is 2.53. The number of para-hydroxylation sites is 1. The predicted octanol–water partition coefficient (Wildman–Crippen LogP) is 4.94. The molecule has 3 aromatic rings. The zero-order valence-electron chi connectivity index (χ0n) is 14.5. The summed E-state index contributed by atoms with van der Waals surface area (Å²) < 4.78 is 28.1. The Balaban J connectivity index is 1.90. The standard InChI is InChI=1S/C20H16BrClN2O3S/c21-18-12-11-15(13-19(18)22)23-20(25)14-24(16-7-3-1-4-8-16)28(26,27)17-9-5-2-6-10-17/h1-13H,14H2,(H,23,25). The molecule has 0 heterocycles. The van der Waals surface area contributed by atoms with Crippen LogP contribution in [0.1, 0.15) is 0 Å². The molecule has 0 fully saturated rings. The first kappa shape index (κ1) is 20.4. The molecule has 5 nitrogen and oxygen atoms in total. The molecule has 1 N–H and O–H groups in total. The van der Waals surface area contributed by atoms with Crippen LogP contribution in [0.5, 0.6) is 0 Å². The third-order valence-electron chi connectivity index (χ3n) is 3.87. The van der Waals surface area contributed by atoms with Crippen LogP contribution >= 0.6 is 27.5 Å². The van der Waals surface area contributed by atoms with E-state index in [9.17, 15) is 13.2 Å². The second kappa shape index (κ2) is 8.77. The number of carbonyl (C=O) groups is 1. The Morgan fingerprint density at radius 3 is 2.18 bits per heavy atom. The van der Waals surface area contributed by atoms with Crippen LogP contribution in [0.3, 0.4) is 0 Å². The molecule has 8 heteroatoms. The number of halogens is 2. The van der Waals surface area contributed by atoms with Gasteiger partial charge >= 0.3 is 0 Å². The first-order valence-corrected chi connectivity index (χ1v) is 10.9. The summed E-state index contributed by atoms with van der Waals surface area (Å²) in [6.45, 7) is -0.380. The molecule has 0 radical (unpaired) electrons. The van der Waals surface area contributed by atoms with Crippen LogP contribution in [-0.4, -0.2) is 20.9 Å². The third kappa shape index (κ3) is 4.73. The quantitative estimate of drug-likeness (QED) is 0.545. The summed E-state index contributed by atoms with van der Waals surface area (Å²) in [5.74, 6) is -0.484. The van der Waals surface area contributed by atoms with Gasteiger partial charge in [0.2, 0.25) is 5.91 Å². The van der Waals surface area contributed by atoms with Crippen LogP contribution in [-0.2, 0) is 14.8 Å². The van der Waals surface area contributed by atoms with Gasteiger partial charge in [-0.3, -0.25) is 9.10 Å². The van der Waals surface area contributed by atoms with E-state index in [2.05, 4.69) is 21.2 Å². The number of benzene rings is 3. The first-order valence-electron chi connectivity index (χ1n) is 8.25. The molecular formula is C20H16BrClN2O3S. The van der Waals surface area contributed by atoms with Gasteiger partial charge in [-0.05, 0) is 58.4 Å². The van der Waals surface area contributed by atoms with Gasteiger partial charge in [-0.15, -0.1) is 0 Å². The van der Waals surface area contributed by atoms with E-state index in [0.717, 1.165) is 4.31 Å². The minimum absolute atomic E-state index is 0.110. The van der Waals surface area contributed by atoms with Gasteiger partial charge in [0.25, 0.3) is 10.0 Å². The van der Waals surface area contributed by atoms with Crippen LogP contribution < -0.4 is 9.62 Å². The number of anilines is 2. The molecule has 1 amide bonds.